The minimum atomic E-state index is -0.126. The number of aryl methyl sites for hydroxylation is 1. The van der Waals surface area contributed by atoms with Crippen LogP contribution in [0.25, 0.3) is 0 Å². The molecule has 3 rings (SSSR count). The lowest BCUT2D eigenvalue weighted by Gasteiger charge is -2.37. The molecule has 1 fully saturated rings. The highest BCUT2D eigenvalue weighted by Gasteiger charge is 2.40. The van der Waals surface area contributed by atoms with Gasteiger partial charge >= 0.3 is 0 Å². The maximum absolute atomic E-state index is 6.00. The molecule has 0 spiro atoms. The van der Waals surface area contributed by atoms with Crippen LogP contribution in [0.4, 0.5) is 0 Å². The third kappa shape index (κ3) is 2.42. The zero-order valence-electron chi connectivity index (χ0n) is 12.7. The van der Waals surface area contributed by atoms with E-state index in [-0.39, 0.29) is 5.60 Å². The van der Waals surface area contributed by atoms with Crippen molar-refractivity contribution in [1.29, 1.82) is 0 Å². The number of ether oxygens (including phenoxy) is 1. The van der Waals surface area contributed by atoms with Crippen LogP contribution in [0.2, 0.25) is 0 Å². The number of nitrogens with two attached hydrogens (primary N) is 1. The first-order valence-electron chi connectivity index (χ1n) is 7.94. The van der Waals surface area contributed by atoms with Crippen LogP contribution in [0.15, 0.2) is 0 Å². The van der Waals surface area contributed by atoms with Crippen LogP contribution in [0.3, 0.4) is 0 Å². The normalized spacial score (nSPS) is 34.0. The second kappa shape index (κ2) is 5.74. The van der Waals surface area contributed by atoms with Crippen molar-refractivity contribution in [2.75, 3.05) is 13.7 Å². The predicted molar refractivity (Wildman–Crippen MR) is 83.2 cm³/mol. The first-order valence-corrected chi connectivity index (χ1v) is 8.75. The van der Waals surface area contributed by atoms with Crippen LogP contribution >= 0.6 is 11.3 Å². The van der Waals surface area contributed by atoms with E-state index in [0.29, 0.717) is 5.92 Å². The van der Waals surface area contributed by atoms with Gasteiger partial charge in [0.15, 0.2) is 0 Å². The Morgan fingerprint density at radius 3 is 2.95 bits per heavy atom. The molecule has 20 heavy (non-hydrogen) atoms. The molecule has 3 atom stereocenters. The van der Waals surface area contributed by atoms with Gasteiger partial charge in [-0.05, 0) is 44.4 Å². The number of hydrogen-bond acceptors (Lipinski definition) is 4. The Morgan fingerprint density at radius 1 is 1.40 bits per heavy atom. The van der Waals surface area contributed by atoms with E-state index in [1.54, 1.807) is 0 Å². The molecule has 4 heteroatoms. The van der Waals surface area contributed by atoms with Gasteiger partial charge in [0, 0.05) is 24.4 Å². The lowest BCUT2D eigenvalue weighted by Crippen LogP contribution is -2.34. The van der Waals surface area contributed by atoms with Crippen molar-refractivity contribution in [2.24, 2.45) is 11.7 Å². The fraction of sp³-hybridized carbons (Fsp3) is 0.812. The summed E-state index contributed by atoms with van der Waals surface area (Å²) in [6, 6.07) is 0. The largest absolute Gasteiger partial charge is 0.371 e. The molecule has 0 saturated heterocycles. The zero-order chi connectivity index (χ0) is 14.2. The predicted octanol–water partition coefficient (Wildman–Crippen LogP) is 3.57. The molecule has 0 radical (unpaired) electrons. The number of thiazole rings is 1. The number of hydrogen-bond donors (Lipinski definition) is 1. The highest BCUT2D eigenvalue weighted by Crippen LogP contribution is 2.46. The molecule has 1 aromatic heterocycles. The van der Waals surface area contributed by atoms with Crippen LogP contribution in [-0.4, -0.2) is 18.6 Å². The van der Waals surface area contributed by atoms with Gasteiger partial charge in [-0.3, -0.25) is 0 Å². The third-order valence-electron chi connectivity index (χ3n) is 5.09. The van der Waals surface area contributed by atoms with Gasteiger partial charge in [-0.1, -0.05) is 13.3 Å². The number of rotatable bonds is 3. The van der Waals surface area contributed by atoms with Gasteiger partial charge < -0.3 is 10.5 Å². The van der Waals surface area contributed by atoms with Gasteiger partial charge in [0.05, 0.1) is 5.69 Å². The minimum absolute atomic E-state index is 0.126. The van der Waals surface area contributed by atoms with Crippen molar-refractivity contribution in [3.8, 4) is 0 Å². The summed E-state index contributed by atoms with van der Waals surface area (Å²) < 4.78 is 6.00. The van der Waals surface area contributed by atoms with E-state index in [1.165, 1.54) is 47.7 Å². The van der Waals surface area contributed by atoms with Gasteiger partial charge in [-0.2, -0.15) is 0 Å². The molecule has 1 aromatic rings. The van der Waals surface area contributed by atoms with E-state index in [4.69, 9.17) is 15.5 Å². The summed E-state index contributed by atoms with van der Waals surface area (Å²) in [6.45, 7) is 3.07. The number of aromatic nitrogens is 1. The smallest absolute Gasteiger partial charge is 0.125 e. The molecule has 3 nitrogen and oxygen atoms in total. The van der Waals surface area contributed by atoms with E-state index in [1.807, 2.05) is 18.4 Å². The Bertz CT molecular complexity index is 473. The summed E-state index contributed by atoms with van der Waals surface area (Å²) in [4.78, 5) is 6.49. The Labute approximate surface area is 125 Å². The average molecular weight is 294 g/mol. The van der Waals surface area contributed by atoms with Crippen molar-refractivity contribution in [3.63, 3.8) is 0 Å². The SMILES string of the molecule is COC1(c2nc3c(s2)CCCC3CN)CCCC(C)C1. The Balaban J connectivity index is 1.95. The molecular weight excluding hydrogens is 268 g/mol. The van der Waals surface area contributed by atoms with Gasteiger partial charge in [0.25, 0.3) is 0 Å². The lowest BCUT2D eigenvalue weighted by atomic mass is 9.79. The Kier molecular flexibility index (Phi) is 4.16. The van der Waals surface area contributed by atoms with Crippen molar-refractivity contribution >= 4 is 11.3 Å². The summed E-state index contributed by atoms with van der Waals surface area (Å²) in [5.74, 6) is 1.20. The summed E-state index contributed by atoms with van der Waals surface area (Å²) in [6.07, 6.45) is 8.44. The summed E-state index contributed by atoms with van der Waals surface area (Å²) >= 11 is 1.89. The quantitative estimate of drug-likeness (QED) is 0.927. The van der Waals surface area contributed by atoms with Gasteiger partial charge in [-0.15, -0.1) is 11.3 Å². The Hall–Kier alpha value is -0.450. The molecule has 0 amide bonds. The minimum Gasteiger partial charge on any atom is -0.371 e. The second-order valence-corrected chi connectivity index (χ2v) is 7.64. The van der Waals surface area contributed by atoms with E-state index in [9.17, 15) is 0 Å². The van der Waals surface area contributed by atoms with Crippen LogP contribution < -0.4 is 5.73 Å². The van der Waals surface area contributed by atoms with Crippen LogP contribution in [0.1, 0.15) is 66.9 Å². The topological polar surface area (TPSA) is 48.1 Å². The molecule has 3 unspecified atom stereocenters. The van der Waals surface area contributed by atoms with E-state index < -0.39 is 0 Å². The molecule has 2 N–H and O–H groups in total. The zero-order valence-corrected chi connectivity index (χ0v) is 13.5. The van der Waals surface area contributed by atoms with Gasteiger partial charge in [-0.25, -0.2) is 4.98 Å². The summed E-state index contributed by atoms with van der Waals surface area (Å²) in [7, 11) is 1.86. The highest BCUT2D eigenvalue weighted by molar-refractivity contribution is 7.11. The number of methoxy groups -OCH3 is 1. The lowest BCUT2D eigenvalue weighted by molar-refractivity contribution is -0.0581. The molecule has 0 aromatic carbocycles. The van der Waals surface area contributed by atoms with Gasteiger partial charge in [0.1, 0.15) is 10.6 Å². The van der Waals surface area contributed by atoms with Crippen molar-refractivity contribution in [3.05, 3.63) is 15.6 Å². The fourth-order valence-electron chi connectivity index (χ4n) is 3.90. The number of nitrogens with zero attached hydrogens (tertiary/aromatic N) is 1. The maximum atomic E-state index is 6.00. The van der Waals surface area contributed by atoms with Crippen LogP contribution in [-0.2, 0) is 16.8 Å². The van der Waals surface area contributed by atoms with Crippen molar-refractivity contribution in [1.82, 2.24) is 4.98 Å². The molecule has 1 saturated carbocycles. The molecule has 2 aliphatic carbocycles. The summed E-state index contributed by atoms with van der Waals surface area (Å²) in [5.41, 5.74) is 7.09. The van der Waals surface area contributed by atoms with Crippen molar-refractivity contribution < 1.29 is 4.74 Å². The third-order valence-corrected chi connectivity index (χ3v) is 6.41. The van der Waals surface area contributed by atoms with E-state index >= 15 is 0 Å². The van der Waals surface area contributed by atoms with Crippen LogP contribution in [0, 0.1) is 5.92 Å². The first-order chi connectivity index (χ1) is 9.68. The molecular formula is C16H26N2OS. The number of fused-ring (bicyclic) bond motifs is 1. The first kappa shape index (κ1) is 14.5. The molecule has 2 aliphatic rings. The summed E-state index contributed by atoms with van der Waals surface area (Å²) in [5, 5.41) is 1.22. The van der Waals surface area contributed by atoms with E-state index in [2.05, 4.69) is 6.92 Å². The Morgan fingerprint density at radius 2 is 2.25 bits per heavy atom. The van der Waals surface area contributed by atoms with Crippen molar-refractivity contribution in [2.45, 2.75) is 63.4 Å². The average Bonchev–Trinajstić information content (AvgIpc) is 2.91. The van der Waals surface area contributed by atoms with E-state index in [0.717, 1.165) is 25.3 Å². The fourth-order valence-corrected chi connectivity index (χ4v) is 5.30. The highest BCUT2D eigenvalue weighted by atomic mass is 32.1. The molecule has 0 aliphatic heterocycles. The van der Waals surface area contributed by atoms with Gasteiger partial charge in [0.2, 0.25) is 0 Å². The molecule has 112 valence electrons. The molecule has 0 bridgehead atoms. The maximum Gasteiger partial charge on any atom is 0.125 e. The standard InChI is InChI=1S/C16H26N2OS/c1-11-5-4-8-16(9-11,19-2)15-18-14-12(10-17)6-3-7-13(14)20-15/h11-12H,3-10,17H2,1-2H3. The monoisotopic (exact) mass is 294 g/mol. The second-order valence-electron chi connectivity index (χ2n) is 6.55. The molecule has 1 heterocycles. The van der Waals surface area contributed by atoms with Crippen LogP contribution in [0.5, 0.6) is 0 Å².